The van der Waals surface area contributed by atoms with Gasteiger partial charge in [0.05, 0.1) is 0 Å². The summed E-state index contributed by atoms with van der Waals surface area (Å²) in [5.74, 6) is -0.875. The maximum Gasteiger partial charge on any atom is 0.352 e. The minimum Gasteiger partial charge on any atom is -0.477 e. The van der Waals surface area contributed by atoms with Gasteiger partial charge < -0.3 is 9.67 Å². The van der Waals surface area contributed by atoms with Crippen molar-refractivity contribution in [1.29, 1.82) is 0 Å². The van der Waals surface area contributed by atoms with Gasteiger partial charge in [0.25, 0.3) is 0 Å². The molecule has 0 aliphatic heterocycles. The van der Waals surface area contributed by atoms with E-state index in [0.29, 0.717) is 12.2 Å². The lowest BCUT2D eigenvalue weighted by Crippen LogP contribution is -2.10. The van der Waals surface area contributed by atoms with Gasteiger partial charge in [-0.3, -0.25) is 0 Å². The zero-order valence-corrected chi connectivity index (χ0v) is 9.97. The van der Waals surface area contributed by atoms with Crippen LogP contribution in [0.3, 0.4) is 0 Å². The van der Waals surface area contributed by atoms with Gasteiger partial charge in [0.2, 0.25) is 0 Å². The fraction of sp³-hybridized carbons (Fsp3) is 0.214. The Labute approximate surface area is 100 Å². The molecule has 1 N–H and O–H groups in total. The Morgan fingerprint density at radius 2 is 2.06 bits per heavy atom. The molecule has 0 radical (unpaired) electrons. The highest BCUT2D eigenvalue weighted by atomic mass is 16.4. The molecular formula is C14H15NO2. The summed E-state index contributed by atoms with van der Waals surface area (Å²) in [6.45, 7) is 4.44. The zero-order chi connectivity index (χ0) is 12.4. The van der Waals surface area contributed by atoms with Crippen molar-refractivity contribution in [1.82, 2.24) is 4.57 Å². The fourth-order valence-corrected chi connectivity index (χ4v) is 2.01. The molecule has 88 valence electrons. The van der Waals surface area contributed by atoms with Gasteiger partial charge >= 0.3 is 5.97 Å². The minimum atomic E-state index is -0.875. The first-order valence-corrected chi connectivity index (χ1v) is 5.52. The largest absolute Gasteiger partial charge is 0.477 e. The van der Waals surface area contributed by atoms with Gasteiger partial charge in [0, 0.05) is 12.7 Å². The van der Waals surface area contributed by atoms with Gasteiger partial charge in [-0.1, -0.05) is 29.8 Å². The molecule has 1 heterocycles. The molecule has 2 aromatic rings. The molecule has 0 unspecified atom stereocenters. The van der Waals surface area contributed by atoms with Gasteiger partial charge in [-0.2, -0.15) is 0 Å². The number of hydrogen-bond donors (Lipinski definition) is 1. The van der Waals surface area contributed by atoms with Crippen LogP contribution >= 0.6 is 0 Å². The standard InChI is InChI=1S/C14H15NO2/c1-10-4-3-5-12(8-10)9-15-7-6-11(2)13(15)14(16)17/h3-8H,9H2,1-2H3,(H,16,17). The number of aromatic nitrogens is 1. The highest BCUT2D eigenvalue weighted by Gasteiger charge is 2.13. The van der Waals surface area contributed by atoms with E-state index in [1.54, 1.807) is 4.57 Å². The van der Waals surface area contributed by atoms with Crippen LogP contribution in [0.4, 0.5) is 0 Å². The third kappa shape index (κ3) is 2.38. The summed E-state index contributed by atoms with van der Waals surface area (Å²) in [6, 6.07) is 9.93. The number of carbonyl (C=O) groups is 1. The van der Waals surface area contributed by atoms with E-state index in [4.69, 9.17) is 5.11 Å². The molecule has 0 atom stereocenters. The topological polar surface area (TPSA) is 42.2 Å². The van der Waals surface area contributed by atoms with Crippen molar-refractivity contribution in [3.05, 3.63) is 58.9 Å². The maximum absolute atomic E-state index is 11.1. The van der Waals surface area contributed by atoms with Crippen LogP contribution in [0.25, 0.3) is 0 Å². The molecule has 0 amide bonds. The van der Waals surface area contributed by atoms with Crippen LogP contribution in [-0.2, 0) is 6.54 Å². The van der Waals surface area contributed by atoms with E-state index in [2.05, 4.69) is 6.07 Å². The molecule has 1 aromatic heterocycles. The van der Waals surface area contributed by atoms with Crippen LogP contribution in [0.2, 0.25) is 0 Å². The zero-order valence-electron chi connectivity index (χ0n) is 9.97. The Bertz CT molecular complexity index is 555. The molecule has 0 saturated heterocycles. The Morgan fingerprint density at radius 3 is 2.71 bits per heavy atom. The fourth-order valence-electron chi connectivity index (χ4n) is 2.01. The van der Waals surface area contributed by atoms with Crippen molar-refractivity contribution in [2.45, 2.75) is 20.4 Å². The summed E-state index contributed by atoms with van der Waals surface area (Å²) in [5, 5.41) is 9.15. The van der Waals surface area contributed by atoms with E-state index >= 15 is 0 Å². The van der Waals surface area contributed by atoms with Gasteiger partial charge in [-0.05, 0) is 31.0 Å². The second-order valence-corrected chi connectivity index (χ2v) is 4.27. The van der Waals surface area contributed by atoms with Crippen LogP contribution in [0.1, 0.15) is 27.2 Å². The predicted molar refractivity (Wildman–Crippen MR) is 66.4 cm³/mol. The summed E-state index contributed by atoms with van der Waals surface area (Å²) in [7, 11) is 0. The third-order valence-electron chi connectivity index (χ3n) is 2.80. The molecule has 0 aliphatic rings. The minimum absolute atomic E-state index is 0.367. The lowest BCUT2D eigenvalue weighted by molar-refractivity contribution is 0.0685. The second-order valence-electron chi connectivity index (χ2n) is 4.27. The molecule has 3 nitrogen and oxygen atoms in total. The summed E-state index contributed by atoms with van der Waals surface area (Å²) >= 11 is 0. The summed E-state index contributed by atoms with van der Waals surface area (Å²) in [4.78, 5) is 11.1. The van der Waals surface area contributed by atoms with Gasteiger partial charge in [0.1, 0.15) is 5.69 Å². The van der Waals surface area contributed by atoms with Gasteiger partial charge in [0.15, 0.2) is 0 Å². The average Bonchev–Trinajstić information content (AvgIpc) is 2.59. The number of nitrogens with zero attached hydrogens (tertiary/aromatic N) is 1. The third-order valence-corrected chi connectivity index (χ3v) is 2.80. The molecule has 17 heavy (non-hydrogen) atoms. The number of carboxylic acids is 1. The Hall–Kier alpha value is -2.03. The second kappa shape index (κ2) is 4.45. The quantitative estimate of drug-likeness (QED) is 0.879. The smallest absolute Gasteiger partial charge is 0.352 e. The average molecular weight is 229 g/mol. The number of benzene rings is 1. The SMILES string of the molecule is Cc1cccc(Cn2ccc(C)c2C(=O)O)c1. The number of aromatic carboxylic acids is 1. The van der Waals surface area contributed by atoms with E-state index in [-0.39, 0.29) is 0 Å². The van der Waals surface area contributed by atoms with Crippen LogP contribution in [0.5, 0.6) is 0 Å². The molecule has 3 heteroatoms. The van der Waals surface area contributed by atoms with Crippen molar-refractivity contribution in [2.24, 2.45) is 0 Å². The van der Waals surface area contributed by atoms with E-state index in [0.717, 1.165) is 11.1 Å². The maximum atomic E-state index is 11.1. The first-order chi connectivity index (χ1) is 8.08. The monoisotopic (exact) mass is 229 g/mol. The summed E-state index contributed by atoms with van der Waals surface area (Å²) < 4.78 is 1.77. The van der Waals surface area contributed by atoms with Crippen molar-refractivity contribution in [3.8, 4) is 0 Å². The highest BCUT2D eigenvalue weighted by Crippen LogP contribution is 2.13. The highest BCUT2D eigenvalue weighted by molar-refractivity contribution is 5.87. The lowest BCUT2D eigenvalue weighted by atomic mass is 10.1. The Kier molecular flexibility index (Phi) is 3.00. The van der Waals surface area contributed by atoms with Crippen LogP contribution in [-0.4, -0.2) is 15.6 Å². The predicted octanol–water partition coefficient (Wildman–Crippen LogP) is 2.85. The molecule has 0 saturated carbocycles. The lowest BCUT2D eigenvalue weighted by Gasteiger charge is -2.07. The molecule has 0 aliphatic carbocycles. The number of carboxylic acid groups (broad SMARTS) is 1. The molecule has 1 aromatic carbocycles. The normalized spacial score (nSPS) is 10.5. The van der Waals surface area contributed by atoms with Crippen LogP contribution in [0.15, 0.2) is 36.5 Å². The van der Waals surface area contributed by atoms with Crippen LogP contribution in [0, 0.1) is 13.8 Å². The summed E-state index contributed by atoms with van der Waals surface area (Å²) in [6.07, 6.45) is 1.82. The Balaban J connectivity index is 2.33. The molecular weight excluding hydrogens is 214 g/mol. The molecule has 2 rings (SSSR count). The van der Waals surface area contributed by atoms with E-state index in [1.807, 2.05) is 44.3 Å². The molecule has 0 bridgehead atoms. The summed E-state index contributed by atoms with van der Waals surface area (Å²) in [5.41, 5.74) is 3.46. The van der Waals surface area contributed by atoms with Crippen LogP contribution < -0.4 is 0 Å². The van der Waals surface area contributed by atoms with Gasteiger partial charge in [-0.25, -0.2) is 4.79 Å². The number of aryl methyl sites for hydroxylation is 2. The Morgan fingerprint density at radius 1 is 1.29 bits per heavy atom. The van der Waals surface area contributed by atoms with Crippen molar-refractivity contribution in [2.75, 3.05) is 0 Å². The number of rotatable bonds is 3. The van der Waals surface area contributed by atoms with Crippen molar-refractivity contribution >= 4 is 5.97 Å². The first kappa shape index (κ1) is 11.5. The van der Waals surface area contributed by atoms with Gasteiger partial charge in [-0.15, -0.1) is 0 Å². The van der Waals surface area contributed by atoms with Crippen molar-refractivity contribution < 1.29 is 9.90 Å². The van der Waals surface area contributed by atoms with E-state index in [9.17, 15) is 4.79 Å². The number of hydrogen-bond acceptors (Lipinski definition) is 1. The first-order valence-electron chi connectivity index (χ1n) is 5.52. The van der Waals surface area contributed by atoms with E-state index < -0.39 is 5.97 Å². The van der Waals surface area contributed by atoms with Crippen molar-refractivity contribution in [3.63, 3.8) is 0 Å². The molecule has 0 fully saturated rings. The van der Waals surface area contributed by atoms with E-state index in [1.165, 1.54) is 5.56 Å². The molecule has 0 spiro atoms.